The molecule has 0 unspecified atom stereocenters. The van der Waals surface area contributed by atoms with E-state index in [1.54, 1.807) is 0 Å². The number of benzene rings is 10. The van der Waals surface area contributed by atoms with Crippen LogP contribution in [0, 0.1) is 0 Å². The van der Waals surface area contributed by atoms with Gasteiger partial charge in [0.1, 0.15) is 0 Å². The summed E-state index contributed by atoms with van der Waals surface area (Å²) in [4.78, 5) is 15.4. The molecule has 11 aromatic rings. The highest BCUT2D eigenvalue weighted by Gasteiger charge is 2.17. The molecule has 3 heteroatoms. The van der Waals surface area contributed by atoms with Crippen molar-refractivity contribution in [1.29, 1.82) is 0 Å². The highest BCUT2D eigenvalue weighted by Crippen LogP contribution is 2.41. The Morgan fingerprint density at radius 1 is 0.214 bits per heavy atom. The quantitative estimate of drug-likeness (QED) is 0.167. The zero-order chi connectivity index (χ0) is 37.0. The van der Waals surface area contributed by atoms with Crippen LogP contribution in [0.15, 0.2) is 200 Å². The summed E-state index contributed by atoms with van der Waals surface area (Å²) in [5, 5.41) is 12.4. The average molecular weight is 712 g/mol. The Balaban J connectivity index is 1.20. The van der Waals surface area contributed by atoms with E-state index in [0.29, 0.717) is 17.5 Å². The third kappa shape index (κ3) is 5.40. The minimum absolute atomic E-state index is 0.628. The SMILES string of the molecule is c1ccc(-c2nc(-c3ccccc3)nc(-c3cc(-c4ccc5c6ccccc6c6ccccc6c5c4)cc(-c4cc5ccccc5c5ccccc45)c3)n2)cc1. The summed E-state index contributed by atoms with van der Waals surface area (Å²) in [7, 11) is 0. The van der Waals surface area contributed by atoms with E-state index < -0.39 is 0 Å². The molecular weight excluding hydrogens is 679 g/mol. The summed E-state index contributed by atoms with van der Waals surface area (Å²) >= 11 is 0. The summed E-state index contributed by atoms with van der Waals surface area (Å²) in [6, 6.07) is 71.3. The third-order valence-electron chi connectivity index (χ3n) is 11.0. The van der Waals surface area contributed by atoms with Crippen LogP contribution in [0.1, 0.15) is 0 Å². The van der Waals surface area contributed by atoms with Gasteiger partial charge in [-0.3, -0.25) is 0 Å². The molecule has 0 saturated heterocycles. The Morgan fingerprint density at radius 2 is 0.625 bits per heavy atom. The van der Waals surface area contributed by atoms with E-state index in [-0.39, 0.29) is 0 Å². The van der Waals surface area contributed by atoms with Gasteiger partial charge >= 0.3 is 0 Å². The minimum Gasteiger partial charge on any atom is -0.208 e. The standard InChI is InChI=1S/C53H33N3/c1-3-15-34(16-4-1)51-54-52(35-17-5-2-6-18-35)56-53(55-51)40-30-38(29-39(31-40)49-33-37-19-7-8-20-41(37)42-21-9-13-25-46(42)49)36-27-28-48-45-24-11-10-22-43(45)44-23-12-14-26-47(44)50(48)32-36/h1-33H. The first-order chi connectivity index (χ1) is 27.7. The van der Waals surface area contributed by atoms with Crippen LogP contribution >= 0.6 is 0 Å². The van der Waals surface area contributed by atoms with Crippen LogP contribution in [0.5, 0.6) is 0 Å². The third-order valence-corrected chi connectivity index (χ3v) is 11.0. The highest BCUT2D eigenvalue weighted by atomic mass is 15.0. The number of hydrogen-bond acceptors (Lipinski definition) is 3. The molecule has 0 atom stereocenters. The lowest BCUT2D eigenvalue weighted by molar-refractivity contribution is 1.07. The molecule has 1 aromatic heterocycles. The number of nitrogens with zero attached hydrogens (tertiary/aromatic N) is 3. The molecule has 0 fully saturated rings. The molecule has 0 amide bonds. The molecule has 10 aromatic carbocycles. The fourth-order valence-electron chi connectivity index (χ4n) is 8.40. The van der Waals surface area contributed by atoms with Gasteiger partial charge in [-0.1, -0.05) is 170 Å². The Morgan fingerprint density at radius 3 is 1.21 bits per heavy atom. The number of hydrogen-bond donors (Lipinski definition) is 0. The van der Waals surface area contributed by atoms with E-state index in [1.807, 2.05) is 36.4 Å². The Hall–Kier alpha value is -7.49. The molecule has 0 saturated carbocycles. The summed E-state index contributed by atoms with van der Waals surface area (Å²) < 4.78 is 0. The molecule has 1 heterocycles. The van der Waals surface area contributed by atoms with Crippen molar-refractivity contribution in [2.75, 3.05) is 0 Å². The lowest BCUT2D eigenvalue weighted by Gasteiger charge is -2.16. The molecular formula is C53H33N3. The van der Waals surface area contributed by atoms with Crippen molar-refractivity contribution in [3.8, 4) is 56.4 Å². The van der Waals surface area contributed by atoms with Gasteiger partial charge in [-0.2, -0.15) is 0 Å². The van der Waals surface area contributed by atoms with Crippen LogP contribution in [-0.4, -0.2) is 15.0 Å². The maximum atomic E-state index is 5.18. The highest BCUT2D eigenvalue weighted by molar-refractivity contribution is 6.25. The van der Waals surface area contributed by atoms with Gasteiger partial charge in [-0.05, 0) is 106 Å². The van der Waals surface area contributed by atoms with Crippen LogP contribution in [0.4, 0.5) is 0 Å². The first-order valence-electron chi connectivity index (χ1n) is 19.0. The molecule has 11 rings (SSSR count). The smallest absolute Gasteiger partial charge is 0.164 e. The summed E-state index contributed by atoms with van der Waals surface area (Å²) in [6.07, 6.45) is 0. The first kappa shape index (κ1) is 32.0. The summed E-state index contributed by atoms with van der Waals surface area (Å²) in [5.41, 5.74) is 7.31. The van der Waals surface area contributed by atoms with E-state index in [0.717, 1.165) is 33.4 Å². The van der Waals surface area contributed by atoms with Gasteiger partial charge in [0.15, 0.2) is 17.5 Å². The van der Waals surface area contributed by atoms with Crippen LogP contribution in [0.2, 0.25) is 0 Å². The Labute approximate surface area is 324 Å². The van der Waals surface area contributed by atoms with Gasteiger partial charge in [0.2, 0.25) is 0 Å². The fraction of sp³-hybridized carbons (Fsp3) is 0. The average Bonchev–Trinajstić information content (AvgIpc) is 3.29. The van der Waals surface area contributed by atoms with E-state index in [1.165, 1.54) is 59.4 Å². The van der Waals surface area contributed by atoms with Crippen LogP contribution in [0.25, 0.3) is 110 Å². The zero-order valence-corrected chi connectivity index (χ0v) is 30.4. The van der Waals surface area contributed by atoms with E-state index in [2.05, 4.69) is 164 Å². The first-order valence-corrected chi connectivity index (χ1v) is 19.0. The van der Waals surface area contributed by atoms with Crippen molar-refractivity contribution < 1.29 is 0 Å². The predicted octanol–water partition coefficient (Wildman–Crippen LogP) is 14.0. The van der Waals surface area contributed by atoms with Gasteiger partial charge in [0.05, 0.1) is 0 Å². The number of rotatable bonds is 5. The summed E-state index contributed by atoms with van der Waals surface area (Å²) in [6.45, 7) is 0. The minimum atomic E-state index is 0.628. The maximum absolute atomic E-state index is 5.18. The normalized spacial score (nSPS) is 11.6. The second kappa shape index (κ2) is 13.1. The predicted molar refractivity (Wildman–Crippen MR) is 235 cm³/mol. The van der Waals surface area contributed by atoms with Crippen LogP contribution < -0.4 is 0 Å². The van der Waals surface area contributed by atoms with Crippen molar-refractivity contribution in [2.45, 2.75) is 0 Å². The fourth-order valence-corrected chi connectivity index (χ4v) is 8.40. The molecule has 0 N–H and O–H groups in total. The topological polar surface area (TPSA) is 38.7 Å². The van der Waals surface area contributed by atoms with Gasteiger partial charge in [0, 0.05) is 16.7 Å². The molecule has 0 spiro atoms. The van der Waals surface area contributed by atoms with Crippen molar-refractivity contribution in [1.82, 2.24) is 15.0 Å². The molecule has 260 valence electrons. The van der Waals surface area contributed by atoms with Crippen molar-refractivity contribution in [3.63, 3.8) is 0 Å². The lowest BCUT2D eigenvalue weighted by atomic mass is 9.89. The molecule has 0 aliphatic rings. The van der Waals surface area contributed by atoms with E-state index >= 15 is 0 Å². The van der Waals surface area contributed by atoms with Crippen LogP contribution in [-0.2, 0) is 0 Å². The Bertz CT molecular complexity index is 3210. The van der Waals surface area contributed by atoms with Gasteiger partial charge < -0.3 is 0 Å². The molecule has 0 bridgehead atoms. The van der Waals surface area contributed by atoms with Crippen molar-refractivity contribution in [2.24, 2.45) is 0 Å². The molecule has 0 radical (unpaired) electrons. The number of aromatic nitrogens is 3. The van der Waals surface area contributed by atoms with E-state index in [4.69, 9.17) is 15.0 Å². The monoisotopic (exact) mass is 711 g/mol. The van der Waals surface area contributed by atoms with E-state index in [9.17, 15) is 0 Å². The van der Waals surface area contributed by atoms with Crippen LogP contribution in [0.3, 0.4) is 0 Å². The van der Waals surface area contributed by atoms with Gasteiger partial charge in [-0.25, -0.2) is 15.0 Å². The molecule has 0 aliphatic carbocycles. The largest absolute Gasteiger partial charge is 0.208 e. The number of fused-ring (bicyclic) bond motifs is 9. The lowest BCUT2D eigenvalue weighted by Crippen LogP contribution is -2.00. The second-order valence-electron chi connectivity index (χ2n) is 14.4. The molecule has 0 aliphatic heterocycles. The Kier molecular flexibility index (Phi) is 7.49. The molecule has 3 nitrogen and oxygen atoms in total. The summed E-state index contributed by atoms with van der Waals surface area (Å²) in [5.74, 6) is 1.91. The van der Waals surface area contributed by atoms with Gasteiger partial charge in [-0.15, -0.1) is 0 Å². The second-order valence-corrected chi connectivity index (χ2v) is 14.4. The zero-order valence-electron chi connectivity index (χ0n) is 30.4. The van der Waals surface area contributed by atoms with Crippen molar-refractivity contribution in [3.05, 3.63) is 200 Å². The van der Waals surface area contributed by atoms with Crippen molar-refractivity contribution >= 4 is 53.9 Å². The maximum Gasteiger partial charge on any atom is 0.164 e. The van der Waals surface area contributed by atoms with Gasteiger partial charge in [0.25, 0.3) is 0 Å². The molecule has 56 heavy (non-hydrogen) atoms.